The number of amides is 1. The molecule has 0 saturated heterocycles. The van der Waals surface area contributed by atoms with Crippen molar-refractivity contribution in [3.63, 3.8) is 0 Å². The Kier molecular flexibility index (Phi) is 4.23. The summed E-state index contributed by atoms with van der Waals surface area (Å²) in [5.41, 5.74) is 2.19. The lowest BCUT2D eigenvalue weighted by atomic mass is 10.1. The molecule has 1 N–H and O–H groups in total. The smallest absolute Gasteiger partial charge is 0.257 e. The van der Waals surface area contributed by atoms with Gasteiger partial charge in [0.1, 0.15) is 16.9 Å². The Bertz CT molecular complexity index is 1150. The molecule has 4 rings (SSSR count). The summed E-state index contributed by atoms with van der Waals surface area (Å²) in [7, 11) is 1.55. The highest BCUT2D eigenvalue weighted by Gasteiger charge is 2.16. The number of hydrogen-bond acceptors (Lipinski definition) is 3. The molecule has 0 aliphatic rings. The van der Waals surface area contributed by atoms with Gasteiger partial charge >= 0.3 is 0 Å². The van der Waals surface area contributed by atoms with Gasteiger partial charge in [-0.3, -0.25) is 4.79 Å². The van der Waals surface area contributed by atoms with Crippen LogP contribution in [-0.2, 0) is 0 Å². The summed E-state index contributed by atoms with van der Waals surface area (Å²) in [5.74, 6) is 0.141. The minimum atomic E-state index is -0.383. The monoisotopic (exact) mass is 385 g/mol. The maximum absolute atomic E-state index is 12.6. The molecule has 3 aromatic carbocycles. The van der Waals surface area contributed by atoms with Crippen LogP contribution in [0.3, 0.4) is 0 Å². The van der Waals surface area contributed by atoms with Gasteiger partial charge in [-0.05, 0) is 30.3 Å². The Hall–Kier alpha value is -2.69. The molecule has 0 unspecified atom stereocenters. The molecule has 6 heteroatoms. The molecular formula is C20H13Cl2NO3. The molecule has 130 valence electrons. The second-order valence-corrected chi connectivity index (χ2v) is 6.57. The van der Waals surface area contributed by atoms with Crippen LogP contribution in [0.5, 0.6) is 5.75 Å². The van der Waals surface area contributed by atoms with Gasteiger partial charge in [-0.2, -0.15) is 0 Å². The normalized spacial score (nSPS) is 11.0. The summed E-state index contributed by atoms with van der Waals surface area (Å²) in [6.07, 6.45) is 0. The van der Waals surface area contributed by atoms with Crippen LogP contribution in [0.15, 0.2) is 59.0 Å². The fourth-order valence-corrected chi connectivity index (χ4v) is 3.25. The number of anilines is 1. The van der Waals surface area contributed by atoms with Crippen LogP contribution >= 0.6 is 23.2 Å². The van der Waals surface area contributed by atoms with E-state index < -0.39 is 0 Å². The first kappa shape index (κ1) is 16.8. The van der Waals surface area contributed by atoms with Crippen LogP contribution in [0.2, 0.25) is 10.0 Å². The van der Waals surface area contributed by atoms with Gasteiger partial charge in [0.2, 0.25) is 0 Å². The van der Waals surface area contributed by atoms with E-state index in [4.69, 9.17) is 32.4 Å². The van der Waals surface area contributed by atoms with Gasteiger partial charge in [0, 0.05) is 21.9 Å². The summed E-state index contributed by atoms with van der Waals surface area (Å²) in [5, 5.41) is 5.46. The van der Waals surface area contributed by atoms with Gasteiger partial charge in [0.15, 0.2) is 0 Å². The van der Waals surface area contributed by atoms with Crippen molar-refractivity contribution in [2.75, 3.05) is 12.4 Å². The van der Waals surface area contributed by atoms with Crippen molar-refractivity contribution in [3.05, 3.63) is 70.2 Å². The number of ether oxygens (including phenoxy) is 1. The predicted octanol–water partition coefficient (Wildman–Crippen LogP) is 6.15. The molecule has 0 spiro atoms. The van der Waals surface area contributed by atoms with Crippen molar-refractivity contribution in [2.45, 2.75) is 0 Å². The van der Waals surface area contributed by atoms with Crippen LogP contribution in [0.25, 0.3) is 21.9 Å². The second kappa shape index (κ2) is 6.56. The lowest BCUT2D eigenvalue weighted by molar-refractivity contribution is 0.102. The number of halogens is 2. The Morgan fingerprint density at radius 1 is 1.00 bits per heavy atom. The largest absolute Gasteiger partial charge is 0.495 e. The van der Waals surface area contributed by atoms with E-state index in [1.165, 1.54) is 6.07 Å². The molecule has 1 heterocycles. The van der Waals surface area contributed by atoms with Crippen LogP contribution < -0.4 is 10.1 Å². The third-order valence-electron chi connectivity index (χ3n) is 4.12. The molecule has 0 radical (unpaired) electrons. The molecule has 0 aliphatic heterocycles. The highest BCUT2D eigenvalue weighted by Crippen LogP contribution is 2.36. The van der Waals surface area contributed by atoms with Crippen LogP contribution in [0, 0.1) is 0 Å². The standard InChI is InChI=1S/C20H13Cl2NO3/c1-25-19-9-13-12-4-2-3-5-17(12)26-18(13)10-16(19)23-20(24)14-8-11(21)6-7-15(14)22/h2-10H,1H3,(H,23,24). The zero-order valence-electron chi connectivity index (χ0n) is 13.7. The zero-order chi connectivity index (χ0) is 18.3. The molecule has 0 saturated carbocycles. The number of rotatable bonds is 3. The third kappa shape index (κ3) is 2.87. The number of hydrogen-bond donors (Lipinski definition) is 1. The van der Waals surface area contributed by atoms with E-state index in [0.717, 1.165) is 16.4 Å². The molecule has 4 aromatic rings. The first-order valence-electron chi connectivity index (χ1n) is 7.82. The first-order chi connectivity index (χ1) is 12.6. The van der Waals surface area contributed by atoms with Crippen LogP contribution in [-0.4, -0.2) is 13.0 Å². The summed E-state index contributed by atoms with van der Waals surface area (Å²) < 4.78 is 11.3. The number of fused-ring (bicyclic) bond motifs is 3. The summed E-state index contributed by atoms with van der Waals surface area (Å²) in [6, 6.07) is 16.0. The van der Waals surface area contributed by atoms with Gasteiger partial charge in [-0.15, -0.1) is 0 Å². The molecule has 1 aromatic heterocycles. The minimum absolute atomic E-state index is 0.283. The number of benzene rings is 3. The third-order valence-corrected chi connectivity index (χ3v) is 4.68. The Labute approximate surface area is 159 Å². The highest BCUT2D eigenvalue weighted by atomic mass is 35.5. The zero-order valence-corrected chi connectivity index (χ0v) is 15.2. The number of carbonyl (C=O) groups is 1. The van der Waals surface area contributed by atoms with Crippen molar-refractivity contribution < 1.29 is 13.9 Å². The number of methoxy groups -OCH3 is 1. The molecule has 0 fully saturated rings. The molecule has 1 amide bonds. The van der Waals surface area contributed by atoms with Crippen LogP contribution in [0.4, 0.5) is 5.69 Å². The Morgan fingerprint density at radius 2 is 1.81 bits per heavy atom. The highest BCUT2D eigenvalue weighted by molar-refractivity contribution is 6.36. The van der Waals surface area contributed by atoms with Gasteiger partial charge in [0.25, 0.3) is 5.91 Å². The molecule has 26 heavy (non-hydrogen) atoms. The van der Waals surface area contributed by atoms with Gasteiger partial charge in [0.05, 0.1) is 23.4 Å². The van der Waals surface area contributed by atoms with E-state index in [2.05, 4.69) is 5.32 Å². The van der Waals surface area contributed by atoms with E-state index in [-0.39, 0.29) is 11.5 Å². The lowest BCUT2D eigenvalue weighted by Gasteiger charge is -2.11. The number of para-hydroxylation sites is 1. The van der Waals surface area contributed by atoms with Crippen molar-refractivity contribution >= 4 is 56.7 Å². The van der Waals surface area contributed by atoms with E-state index in [1.807, 2.05) is 30.3 Å². The number of furan rings is 1. The maximum Gasteiger partial charge on any atom is 0.257 e. The molecule has 0 bridgehead atoms. The average Bonchev–Trinajstić information content (AvgIpc) is 3.00. The van der Waals surface area contributed by atoms with Crippen molar-refractivity contribution in [1.29, 1.82) is 0 Å². The van der Waals surface area contributed by atoms with E-state index in [1.54, 1.807) is 25.3 Å². The van der Waals surface area contributed by atoms with Crippen molar-refractivity contribution in [1.82, 2.24) is 0 Å². The molecule has 4 nitrogen and oxygen atoms in total. The predicted molar refractivity (Wildman–Crippen MR) is 105 cm³/mol. The van der Waals surface area contributed by atoms with Gasteiger partial charge in [-0.25, -0.2) is 0 Å². The van der Waals surface area contributed by atoms with E-state index >= 15 is 0 Å². The Balaban J connectivity index is 1.79. The molecular weight excluding hydrogens is 373 g/mol. The summed E-state index contributed by atoms with van der Waals surface area (Å²) in [6.45, 7) is 0. The summed E-state index contributed by atoms with van der Waals surface area (Å²) >= 11 is 12.1. The van der Waals surface area contributed by atoms with Crippen molar-refractivity contribution in [2.24, 2.45) is 0 Å². The molecule has 0 atom stereocenters. The van der Waals surface area contributed by atoms with Gasteiger partial charge < -0.3 is 14.5 Å². The number of carbonyl (C=O) groups excluding carboxylic acids is 1. The fraction of sp³-hybridized carbons (Fsp3) is 0.0500. The van der Waals surface area contributed by atoms with Crippen molar-refractivity contribution in [3.8, 4) is 5.75 Å². The SMILES string of the molecule is COc1cc2c(cc1NC(=O)c1cc(Cl)ccc1Cl)oc1ccccc12. The van der Waals surface area contributed by atoms with E-state index in [0.29, 0.717) is 27.1 Å². The quantitative estimate of drug-likeness (QED) is 0.459. The maximum atomic E-state index is 12.6. The topological polar surface area (TPSA) is 51.5 Å². The Morgan fingerprint density at radius 3 is 2.62 bits per heavy atom. The molecule has 0 aliphatic carbocycles. The fourth-order valence-electron chi connectivity index (χ4n) is 2.88. The van der Waals surface area contributed by atoms with Gasteiger partial charge in [-0.1, -0.05) is 41.4 Å². The summed E-state index contributed by atoms with van der Waals surface area (Å²) in [4.78, 5) is 12.6. The van der Waals surface area contributed by atoms with E-state index in [9.17, 15) is 4.79 Å². The lowest BCUT2D eigenvalue weighted by Crippen LogP contribution is -2.13. The van der Waals surface area contributed by atoms with Crippen LogP contribution in [0.1, 0.15) is 10.4 Å². The second-order valence-electron chi connectivity index (χ2n) is 5.73. The first-order valence-corrected chi connectivity index (χ1v) is 8.58. The minimum Gasteiger partial charge on any atom is -0.495 e. The average molecular weight is 386 g/mol. The number of nitrogens with one attached hydrogen (secondary N) is 1.